The number of hydrogen-bond donors (Lipinski definition) is 0. The summed E-state index contributed by atoms with van der Waals surface area (Å²) in [6.45, 7) is 3.07. The molecule has 0 amide bonds. The fourth-order valence-corrected chi connectivity index (χ4v) is 5.24. The lowest BCUT2D eigenvalue weighted by atomic mass is 10.1. The van der Waals surface area contributed by atoms with Crippen LogP contribution in [0.25, 0.3) is 32.0 Å². The summed E-state index contributed by atoms with van der Waals surface area (Å²) < 4.78 is 7.00. The van der Waals surface area contributed by atoms with Crippen LogP contribution in [-0.2, 0) is 17.7 Å². The van der Waals surface area contributed by atoms with Gasteiger partial charge in [-0.3, -0.25) is 9.36 Å². The maximum absolute atomic E-state index is 13.6. The predicted octanol–water partition coefficient (Wildman–Crippen LogP) is 5.06. The van der Waals surface area contributed by atoms with Crippen molar-refractivity contribution >= 4 is 32.9 Å². The van der Waals surface area contributed by atoms with Crippen molar-refractivity contribution in [3.05, 3.63) is 63.1 Å². The first-order valence-electron chi connectivity index (χ1n) is 8.89. The van der Waals surface area contributed by atoms with Crippen LogP contribution >= 0.6 is 22.7 Å². The fourth-order valence-electron chi connectivity index (χ4n) is 3.26. The fraction of sp³-hybridized carbons (Fsp3) is 0.238. The van der Waals surface area contributed by atoms with Crippen LogP contribution < -0.4 is 5.56 Å². The second-order valence-electron chi connectivity index (χ2n) is 6.16. The van der Waals surface area contributed by atoms with Crippen molar-refractivity contribution in [2.75, 3.05) is 13.7 Å². The molecule has 0 aliphatic heterocycles. The van der Waals surface area contributed by atoms with E-state index in [2.05, 4.69) is 13.0 Å². The van der Waals surface area contributed by atoms with Crippen LogP contribution in [0, 0.1) is 0 Å². The van der Waals surface area contributed by atoms with Crippen LogP contribution in [0.5, 0.6) is 0 Å². The molecule has 0 saturated heterocycles. The SMILES string of the molecule is CCc1sc2nc(-c3ccccc3)n(CCOC)c(=O)c2c1-c1cccs1. The molecule has 0 fully saturated rings. The lowest BCUT2D eigenvalue weighted by Crippen LogP contribution is -2.25. The zero-order valence-corrected chi connectivity index (χ0v) is 16.9. The molecular formula is C21H20N2O2S2. The minimum absolute atomic E-state index is 0.00949. The van der Waals surface area contributed by atoms with E-state index in [0.29, 0.717) is 19.0 Å². The van der Waals surface area contributed by atoms with Gasteiger partial charge in [0.15, 0.2) is 0 Å². The molecule has 0 bridgehead atoms. The molecule has 0 aliphatic carbocycles. The molecule has 27 heavy (non-hydrogen) atoms. The van der Waals surface area contributed by atoms with Crippen molar-refractivity contribution in [1.82, 2.24) is 9.55 Å². The van der Waals surface area contributed by atoms with Crippen LogP contribution in [0.2, 0.25) is 0 Å². The van der Waals surface area contributed by atoms with Crippen LogP contribution in [0.3, 0.4) is 0 Å². The number of methoxy groups -OCH3 is 1. The van der Waals surface area contributed by atoms with Gasteiger partial charge in [-0.25, -0.2) is 4.98 Å². The van der Waals surface area contributed by atoms with Crippen LogP contribution in [0.4, 0.5) is 0 Å². The molecule has 0 N–H and O–H groups in total. The molecule has 138 valence electrons. The van der Waals surface area contributed by atoms with Gasteiger partial charge in [0, 0.05) is 28.0 Å². The highest BCUT2D eigenvalue weighted by Gasteiger charge is 2.21. The smallest absolute Gasteiger partial charge is 0.263 e. The van der Waals surface area contributed by atoms with Gasteiger partial charge in [-0.15, -0.1) is 22.7 Å². The van der Waals surface area contributed by atoms with E-state index in [-0.39, 0.29) is 5.56 Å². The molecule has 4 rings (SSSR count). The molecule has 4 aromatic rings. The van der Waals surface area contributed by atoms with Gasteiger partial charge < -0.3 is 4.74 Å². The van der Waals surface area contributed by atoms with Crippen molar-refractivity contribution in [3.8, 4) is 21.8 Å². The first-order valence-corrected chi connectivity index (χ1v) is 10.6. The Hall–Kier alpha value is -2.28. The summed E-state index contributed by atoms with van der Waals surface area (Å²) in [7, 11) is 1.65. The number of rotatable bonds is 6. The van der Waals surface area contributed by atoms with Crippen LogP contribution in [0.1, 0.15) is 11.8 Å². The highest BCUT2D eigenvalue weighted by Crippen LogP contribution is 2.39. The molecule has 0 unspecified atom stereocenters. The minimum atomic E-state index is 0.00949. The quantitative estimate of drug-likeness (QED) is 0.457. The second kappa shape index (κ2) is 7.76. The summed E-state index contributed by atoms with van der Waals surface area (Å²) in [6.07, 6.45) is 0.881. The third kappa shape index (κ3) is 3.25. The Balaban J connectivity index is 2.05. The average molecular weight is 397 g/mol. The first kappa shape index (κ1) is 18.1. The Morgan fingerprint density at radius 3 is 2.63 bits per heavy atom. The molecule has 3 aromatic heterocycles. The minimum Gasteiger partial charge on any atom is -0.383 e. The molecule has 4 nitrogen and oxygen atoms in total. The van der Waals surface area contributed by atoms with Crippen molar-refractivity contribution < 1.29 is 4.74 Å². The van der Waals surface area contributed by atoms with Gasteiger partial charge in [0.2, 0.25) is 0 Å². The van der Waals surface area contributed by atoms with Gasteiger partial charge in [-0.1, -0.05) is 43.3 Å². The number of hydrogen-bond acceptors (Lipinski definition) is 5. The van der Waals surface area contributed by atoms with Gasteiger partial charge in [-0.2, -0.15) is 0 Å². The van der Waals surface area contributed by atoms with Gasteiger partial charge in [0.05, 0.1) is 18.5 Å². The predicted molar refractivity (Wildman–Crippen MR) is 114 cm³/mol. The van der Waals surface area contributed by atoms with Crippen molar-refractivity contribution in [3.63, 3.8) is 0 Å². The lowest BCUT2D eigenvalue weighted by Gasteiger charge is -2.12. The zero-order valence-electron chi connectivity index (χ0n) is 15.3. The Morgan fingerprint density at radius 1 is 1.15 bits per heavy atom. The van der Waals surface area contributed by atoms with Gasteiger partial charge >= 0.3 is 0 Å². The maximum Gasteiger partial charge on any atom is 0.263 e. The monoisotopic (exact) mass is 396 g/mol. The summed E-state index contributed by atoms with van der Waals surface area (Å²) in [5, 5.41) is 2.78. The normalized spacial score (nSPS) is 11.3. The topological polar surface area (TPSA) is 44.1 Å². The largest absolute Gasteiger partial charge is 0.383 e. The summed E-state index contributed by atoms with van der Waals surface area (Å²) >= 11 is 3.29. The Kier molecular flexibility index (Phi) is 5.20. The molecule has 0 atom stereocenters. The average Bonchev–Trinajstić information content (AvgIpc) is 3.35. The van der Waals surface area contributed by atoms with Crippen LogP contribution in [0.15, 0.2) is 52.6 Å². The van der Waals surface area contributed by atoms with Gasteiger partial charge in [0.25, 0.3) is 5.56 Å². The second-order valence-corrected chi connectivity index (χ2v) is 8.19. The molecule has 0 radical (unpaired) electrons. The lowest BCUT2D eigenvalue weighted by molar-refractivity contribution is 0.186. The van der Waals surface area contributed by atoms with E-state index in [4.69, 9.17) is 9.72 Å². The number of ether oxygens (including phenoxy) is 1. The molecule has 6 heteroatoms. The molecular weight excluding hydrogens is 376 g/mol. The Morgan fingerprint density at radius 2 is 1.96 bits per heavy atom. The Bertz CT molecular complexity index is 1110. The molecule has 1 aromatic carbocycles. The van der Waals surface area contributed by atoms with Crippen molar-refractivity contribution in [2.45, 2.75) is 19.9 Å². The third-order valence-electron chi connectivity index (χ3n) is 4.52. The van der Waals surface area contributed by atoms with Crippen LogP contribution in [-0.4, -0.2) is 23.3 Å². The van der Waals surface area contributed by atoms with E-state index in [1.807, 2.05) is 41.8 Å². The summed E-state index contributed by atoms with van der Waals surface area (Å²) in [4.78, 5) is 21.6. The number of fused-ring (bicyclic) bond motifs is 1. The highest BCUT2D eigenvalue weighted by atomic mass is 32.1. The van der Waals surface area contributed by atoms with E-state index in [0.717, 1.165) is 32.6 Å². The number of aryl methyl sites for hydroxylation is 1. The highest BCUT2D eigenvalue weighted by molar-refractivity contribution is 7.20. The van der Waals surface area contributed by atoms with Gasteiger partial charge in [0.1, 0.15) is 10.7 Å². The summed E-state index contributed by atoms with van der Waals surface area (Å²) in [5.41, 5.74) is 2.00. The standard InChI is InChI=1S/C21H20N2O2S2/c1-3-15-17(16-10-7-13-26-16)18-20(27-15)22-19(14-8-5-4-6-9-14)23(21(18)24)11-12-25-2/h4-10,13H,3,11-12H2,1-2H3. The number of benzene rings is 1. The number of aromatic nitrogens is 2. The number of nitrogens with zero attached hydrogens (tertiary/aromatic N) is 2. The summed E-state index contributed by atoms with van der Waals surface area (Å²) in [6, 6.07) is 14.0. The molecule has 0 spiro atoms. The van der Waals surface area contributed by atoms with Crippen molar-refractivity contribution in [1.29, 1.82) is 0 Å². The van der Waals surface area contributed by atoms with Crippen molar-refractivity contribution in [2.24, 2.45) is 0 Å². The summed E-state index contributed by atoms with van der Waals surface area (Å²) in [5.74, 6) is 0.701. The van der Waals surface area contributed by atoms with E-state index in [9.17, 15) is 4.79 Å². The van der Waals surface area contributed by atoms with Gasteiger partial charge in [-0.05, 0) is 17.9 Å². The third-order valence-corrected chi connectivity index (χ3v) is 6.64. The van der Waals surface area contributed by atoms with E-state index >= 15 is 0 Å². The molecule has 0 saturated carbocycles. The molecule has 3 heterocycles. The molecule has 0 aliphatic rings. The van der Waals surface area contributed by atoms with E-state index in [1.54, 1.807) is 34.4 Å². The Labute approximate surface area is 165 Å². The van der Waals surface area contributed by atoms with E-state index in [1.165, 1.54) is 4.88 Å². The first-order chi connectivity index (χ1) is 13.2. The maximum atomic E-state index is 13.6. The zero-order chi connectivity index (χ0) is 18.8. The van der Waals surface area contributed by atoms with E-state index < -0.39 is 0 Å². The number of thiophene rings is 2.